The zero-order valence-electron chi connectivity index (χ0n) is 11.8. The second kappa shape index (κ2) is 7.33. The van der Waals surface area contributed by atoms with Crippen LogP contribution < -0.4 is 10.6 Å². The van der Waals surface area contributed by atoms with Crippen molar-refractivity contribution in [1.82, 2.24) is 20.1 Å². The molecule has 1 aromatic heterocycles. The van der Waals surface area contributed by atoms with Crippen molar-refractivity contribution in [3.05, 3.63) is 35.1 Å². The van der Waals surface area contributed by atoms with Crippen molar-refractivity contribution in [1.29, 1.82) is 0 Å². The highest BCUT2D eigenvalue weighted by Gasteiger charge is 2.06. The average molecular weight is 326 g/mol. The smallest absolute Gasteiger partial charge is 0.319 e. The Morgan fingerprint density at radius 2 is 2.29 bits per heavy atom. The molecular weight excluding hydrogens is 310 g/mol. The molecule has 0 radical (unpaired) electrons. The van der Waals surface area contributed by atoms with E-state index in [9.17, 15) is 4.79 Å². The SMILES string of the molecule is Cc1ccc(Cl)c(NC(=O)NCCSc2nncn2C)c1. The molecule has 0 unspecified atom stereocenters. The van der Waals surface area contributed by atoms with Gasteiger partial charge in [-0.05, 0) is 24.6 Å². The molecule has 6 nitrogen and oxygen atoms in total. The average Bonchev–Trinajstić information content (AvgIpc) is 2.84. The molecule has 0 aliphatic rings. The van der Waals surface area contributed by atoms with Crippen LogP contribution in [0, 0.1) is 6.92 Å². The number of rotatable bonds is 5. The molecule has 0 saturated carbocycles. The summed E-state index contributed by atoms with van der Waals surface area (Å²) in [7, 11) is 1.88. The second-order valence-corrected chi connectivity index (χ2v) is 5.91. The molecule has 0 atom stereocenters. The number of urea groups is 1. The Labute approximate surface area is 132 Å². The number of nitrogens with zero attached hydrogens (tertiary/aromatic N) is 3. The Balaban J connectivity index is 1.75. The molecule has 21 heavy (non-hydrogen) atoms. The number of carbonyl (C=O) groups is 1. The summed E-state index contributed by atoms with van der Waals surface area (Å²) in [6, 6.07) is 5.20. The summed E-state index contributed by atoms with van der Waals surface area (Å²) in [5.74, 6) is 0.710. The zero-order valence-corrected chi connectivity index (χ0v) is 13.3. The lowest BCUT2D eigenvalue weighted by molar-refractivity contribution is 0.252. The molecule has 0 fully saturated rings. The van der Waals surface area contributed by atoms with E-state index in [1.807, 2.05) is 30.7 Å². The summed E-state index contributed by atoms with van der Waals surface area (Å²) in [5, 5.41) is 14.6. The molecule has 2 N–H and O–H groups in total. The van der Waals surface area contributed by atoms with E-state index in [0.29, 0.717) is 23.0 Å². The number of thioether (sulfide) groups is 1. The molecule has 1 heterocycles. The number of nitrogens with one attached hydrogen (secondary N) is 2. The molecule has 2 aromatic rings. The maximum absolute atomic E-state index is 11.8. The topological polar surface area (TPSA) is 71.8 Å². The van der Waals surface area contributed by atoms with E-state index >= 15 is 0 Å². The lowest BCUT2D eigenvalue weighted by Crippen LogP contribution is -2.30. The molecule has 1 aromatic carbocycles. The van der Waals surface area contributed by atoms with Gasteiger partial charge in [-0.2, -0.15) is 0 Å². The number of carbonyl (C=O) groups excluding carboxylic acids is 1. The summed E-state index contributed by atoms with van der Waals surface area (Å²) >= 11 is 7.55. The van der Waals surface area contributed by atoms with Crippen LogP contribution in [0.4, 0.5) is 10.5 Å². The number of benzene rings is 1. The zero-order chi connectivity index (χ0) is 15.2. The fourth-order valence-corrected chi connectivity index (χ4v) is 2.52. The van der Waals surface area contributed by atoms with E-state index in [0.717, 1.165) is 10.7 Å². The summed E-state index contributed by atoms with van der Waals surface area (Å²) < 4.78 is 1.83. The molecule has 0 aliphatic heterocycles. The van der Waals surface area contributed by atoms with Crippen LogP contribution in [0.15, 0.2) is 29.7 Å². The predicted octanol–water partition coefficient (Wildman–Crippen LogP) is 2.69. The van der Waals surface area contributed by atoms with Gasteiger partial charge in [0.15, 0.2) is 5.16 Å². The Kier molecular flexibility index (Phi) is 5.46. The standard InChI is InChI=1S/C13H16ClN5OS/c1-9-3-4-10(14)11(7-9)17-12(20)15-5-6-21-13-18-16-8-19(13)2/h3-4,7-8H,5-6H2,1-2H3,(H2,15,17,20). The number of aryl methyl sites for hydroxylation is 2. The summed E-state index contributed by atoms with van der Waals surface area (Å²) in [4.78, 5) is 11.8. The second-order valence-electron chi connectivity index (χ2n) is 4.44. The van der Waals surface area contributed by atoms with Crippen molar-refractivity contribution < 1.29 is 4.79 Å². The van der Waals surface area contributed by atoms with Gasteiger partial charge in [0.2, 0.25) is 0 Å². The monoisotopic (exact) mass is 325 g/mol. The molecule has 2 rings (SSSR count). The van der Waals surface area contributed by atoms with Crippen LogP contribution in [0.25, 0.3) is 0 Å². The van der Waals surface area contributed by atoms with E-state index in [-0.39, 0.29) is 6.03 Å². The van der Waals surface area contributed by atoms with Crippen molar-refractivity contribution >= 4 is 35.1 Å². The molecule has 2 amide bonds. The molecule has 0 saturated heterocycles. The van der Waals surface area contributed by atoms with E-state index in [1.54, 1.807) is 12.4 Å². The van der Waals surface area contributed by atoms with Crippen LogP contribution in [0.1, 0.15) is 5.56 Å². The highest BCUT2D eigenvalue weighted by molar-refractivity contribution is 7.99. The summed E-state index contributed by atoms with van der Waals surface area (Å²) in [5.41, 5.74) is 1.64. The Hall–Kier alpha value is -1.73. The van der Waals surface area contributed by atoms with Crippen LogP contribution in [0.3, 0.4) is 0 Å². The van der Waals surface area contributed by atoms with Gasteiger partial charge in [0, 0.05) is 19.3 Å². The Bertz CT molecular complexity index is 631. The van der Waals surface area contributed by atoms with Gasteiger partial charge < -0.3 is 15.2 Å². The van der Waals surface area contributed by atoms with Crippen molar-refractivity contribution in [2.45, 2.75) is 12.1 Å². The predicted molar refractivity (Wildman–Crippen MR) is 84.9 cm³/mol. The van der Waals surface area contributed by atoms with E-state index < -0.39 is 0 Å². The normalized spacial score (nSPS) is 10.4. The summed E-state index contributed by atoms with van der Waals surface area (Å²) in [6.07, 6.45) is 1.64. The Morgan fingerprint density at radius 3 is 3.00 bits per heavy atom. The minimum Gasteiger partial charge on any atom is -0.337 e. The lowest BCUT2D eigenvalue weighted by atomic mass is 10.2. The third kappa shape index (κ3) is 4.64. The minimum absolute atomic E-state index is 0.277. The molecule has 112 valence electrons. The van der Waals surface area contributed by atoms with Gasteiger partial charge in [-0.25, -0.2) is 4.79 Å². The van der Waals surface area contributed by atoms with E-state index in [2.05, 4.69) is 20.8 Å². The van der Waals surface area contributed by atoms with Crippen LogP contribution in [-0.2, 0) is 7.05 Å². The van der Waals surface area contributed by atoms with Crippen LogP contribution >= 0.6 is 23.4 Å². The van der Waals surface area contributed by atoms with Gasteiger partial charge in [0.05, 0.1) is 10.7 Å². The highest BCUT2D eigenvalue weighted by Crippen LogP contribution is 2.22. The first-order chi connectivity index (χ1) is 10.1. The number of anilines is 1. The maximum atomic E-state index is 11.8. The van der Waals surface area contributed by atoms with Gasteiger partial charge in [0.25, 0.3) is 0 Å². The van der Waals surface area contributed by atoms with Crippen LogP contribution in [-0.4, -0.2) is 33.1 Å². The molecular formula is C13H16ClN5OS. The first kappa shape index (κ1) is 15.7. The van der Waals surface area contributed by atoms with Gasteiger partial charge >= 0.3 is 6.03 Å². The van der Waals surface area contributed by atoms with Crippen molar-refractivity contribution in [3.63, 3.8) is 0 Å². The molecule has 0 aliphatic carbocycles. The lowest BCUT2D eigenvalue weighted by Gasteiger charge is -2.09. The number of hydrogen-bond acceptors (Lipinski definition) is 4. The molecule has 0 spiro atoms. The number of amides is 2. The van der Waals surface area contributed by atoms with Crippen LogP contribution in [0.2, 0.25) is 5.02 Å². The number of halogens is 1. The minimum atomic E-state index is -0.277. The number of hydrogen-bond donors (Lipinski definition) is 2. The highest BCUT2D eigenvalue weighted by atomic mass is 35.5. The molecule has 8 heteroatoms. The maximum Gasteiger partial charge on any atom is 0.319 e. The van der Waals surface area contributed by atoms with Crippen molar-refractivity contribution in [2.24, 2.45) is 7.05 Å². The van der Waals surface area contributed by atoms with Crippen molar-refractivity contribution in [3.8, 4) is 0 Å². The van der Waals surface area contributed by atoms with Crippen LogP contribution in [0.5, 0.6) is 0 Å². The first-order valence-corrected chi connectivity index (χ1v) is 7.70. The number of aromatic nitrogens is 3. The van der Waals surface area contributed by atoms with Gasteiger partial charge in [-0.3, -0.25) is 0 Å². The Morgan fingerprint density at radius 1 is 1.48 bits per heavy atom. The quantitative estimate of drug-likeness (QED) is 0.655. The summed E-state index contributed by atoms with van der Waals surface area (Å²) in [6.45, 7) is 2.46. The fraction of sp³-hybridized carbons (Fsp3) is 0.308. The third-order valence-corrected chi connectivity index (χ3v) is 4.02. The van der Waals surface area contributed by atoms with Gasteiger partial charge in [0.1, 0.15) is 6.33 Å². The third-order valence-electron chi connectivity index (χ3n) is 2.66. The van der Waals surface area contributed by atoms with Crippen molar-refractivity contribution in [2.75, 3.05) is 17.6 Å². The first-order valence-electron chi connectivity index (χ1n) is 6.34. The fourth-order valence-electron chi connectivity index (χ4n) is 1.61. The van der Waals surface area contributed by atoms with Gasteiger partial charge in [-0.1, -0.05) is 29.4 Å². The van der Waals surface area contributed by atoms with E-state index in [1.165, 1.54) is 11.8 Å². The molecule has 0 bridgehead atoms. The largest absolute Gasteiger partial charge is 0.337 e. The van der Waals surface area contributed by atoms with E-state index in [4.69, 9.17) is 11.6 Å². The van der Waals surface area contributed by atoms with Gasteiger partial charge in [-0.15, -0.1) is 10.2 Å².